The fourth-order valence-electron chi connectivity index (χ4n) is 2.46. The lowest BCUT2D eigenvalue weighted by atomic mass is 9.82. The van der Waals surface area contributed by atoms with Crippen molar-refractivity contribution in [1.82, 2.24) is 5.32 Å². The monoisotopic (exact) mass is 189 g/mol. The van der Waals surface area contributed by atoms with Crippen molar-refractivity contribution in [3.63, 3.8) is 0 Å². The van der Waals surface area contributed by atoms with E-state index in [-0.39, 0.29) is 0 Å². The normalized spacial score (nSPS) is 27.1. The van der Waals surface area contributed by atoms with Crippen LogP contribution in [0.15, 0.2) is 30.3 Å². The molecule has 1 fully saturated rings. The molecular weight excluding hydrogens is 170 g/mol. The molecule has 1 saturated heterocycles. The third-order valence-electron chi connectivity index (χ3n) is 3.35. The molecule has 1 heteroatoms. The molecule has 2 rings (SSSR count). The third kappa shape index (κ3) is 1.83. The molecule has 0 aromatic heterocycles. The second-order valence-electron chi connectivity index (χ2n) is 4.58. The Bertz CT molecular complexity index is 279. The molecule has 0 amide bonds. The maximum atomic E-state index is 3.50. The highest BCUT2D eigenvalue weighted by atomic mass is 14.9. The van der Waals surface area contributed by atoms with E-state index in [2.05, 4.69) is 49.5 Å². The van der Waals surface area contributed by atoms with E-state index in [1.807, 2.05) is 0 Å². The van der Waals surface area contributed by atoms with Crippen molar-refractivity contribution < 1.29 is 0 Å². The summed E-state index contributed by atoms with van der Waals surface area (Å²) in [5.74, 6) is 2.30. The molecule has 1 aliphatic heterocycles. The second-order valence-corrected chi connectivity index (χ2v) is 4.58. The zero-order valence-corrected chi connectivity index (χ0v) is 9.03. The van der Waals surface area contributed by atoms with Crippen molar-refractivity contribution in [2.45, 2.75) is 19.8 Å². The first-order chi connectivity index (χ1) is 6.79. The van der Waals surface area contributed by atoms with E-state index >= 15 is 0 Å². The molecule has 1 aromatic carbocycles. The quantitative estimate of drug-likeness (QED) is 0.754. The van der Waals surface area contributed by atoms with Gasteiger partial charge in [-0.15, -0.1) is 0 Å². The van der Waals surface area contributed by atoms with Crippen LogP contribution in [0.3, 0.4) is 0 Å². The number of rotatable bonds is 2. The van der Waals surface area contributed by atoms with Crippen LogP contribution in [0.25, 0.3) is 0 Å². The molecule has 0 bridgehead atoms. The summed E-state index contributed by atoms with van der Waals surface area (Å²) in [5.41, 5.74) is 1.50. The van der Waals surface area contributed by atoms with E-state index in [1.165, 1.54) is 12.1 Å². The van der Waals surface area contributed by atoms with Crippen molar-refractivity contribution in [3.8, 4) is 0 Å². The first-order valence-electron chi connectivity index (χ1n) is 5.54. The molecule has 0 aliphatic carbocycles. The largest absolute Gasteiger partial charge is 0.316 e. The highest BCUT2D eigenvalue weighted by molar-refractivity contribution is 5.22. The summed E-state index contributed by atoms with van der Waals surface area (Å²) in [6.07, 6.45) is 0. The SMILES string of the molecule is CC(C)[C@@H]1CNC[C@H]1c1ccccc1. The van der Waals surface area contributed by atoms with Crippen LogP contribution < -0.4 is 5.32 Å². The van der Waals surface area contributed by atoms with Crippen molar-refractivity contribution >= 4 is 0 Å². The number of hydrogen-bond acceptors (Lipinski definition) is 1. The van der Waals surface area contributed by atoms with Gasteiger partial charge in [0.2, 0.25) is 0 Å². The zero-order chi connectivity index (χ0) is 9.97. The van der Waals surface area contributed by atoms with Gasteiger partial charge in [-0.1, -0.05) is 44.2 Å². The number of hydrogen-bond donors (Lipinski definition) is 1. The fourth-order valence-corrected chi connectivity index (χ4v) is 2.46. The van der Waals surface area contributed by atoms with Gasteiger partial charge in [-0.2, -0.15) is 0 Å². The molecule has 1 aromatic rings. The van der Waals surface area contributed by atoms with Crippen LogP contribution in [0.4, 0.5) is 0 Å². The third-order valence-corrected chi connectivity index (χ3v) is 3.35. The average molecular weight is 189 g/mol. The molecule has 0 saturated carbocycles. The minimum Gasteiger partial charge on any atom is -0.316 e. The van der Waals surface area contributed by atoms with Gasteiger partial charge in [-0.25, -0.2) is 0 Å². The molecule has 14 heavy (non-hydrogen) atoms. The van der Waals surface area contributed by atoms with Crippen molar-refractivity contribution in [3.05, 3.63) is 35.9 Å². The minimum atomic E-state index is 0.719. The molecule has 0 radical (unpaired) electrons. The molecule has 1 N–H and O–H groups in total. The maximum Gasteiger partial charge on any atom is 0.00235 e. The Morgan fingerprint density at radius 1 is 1.14 bits per heavy atom. The van der Waals surface area contributed by atoms with Crippen LogP contribution in [-0.2, 0) is 0 Å². The van der Waals surface area contributed by atoms with Crippen LogP contribution in [-0.4, -0.2) is 13.1 Å². The van der Waals surface area contributed by atoms with E-state index in [0.717, 1.165) is 24.3 Å². The Hall–Kier alpha value is -0.820. The van der Waals surface area contributed by atoms with E-state index in [9.17, 15) is 0 Å². The van der Waals surface area contributed by atoms with E-state index in [0.29, 0.717) is 0 Å². The van der Waals surface area contributed by atoms with E-state index in [1.54, 1.807) is 0 Å². The predicted molar refractivity (Wildman–Crippen MR) is 60.4 cm³/mol. The van der Waals surface area contributed by atoms with Crippen molar-refractivity contribution in [2.75, 3.05) is 13.1 Å². The first-order valence-corrected chi connectivity index (χ1v) is 5.54. The van der Waals surface area contributed by atoms with Gasteiger partial charge >= 0.3 is 0 Å². The zero-order valence-electron chi connectivity index (χ0n) is 9.03. The molecule has 2 atom stereocenters. The smallest absolute Gasteiger partial charge is 0.00235 e. The molecule has 0 unspecified atom stereocenters. The van der Waals surface area contributed by atoms with E-state index < -0.39 is 0 Å². The summed E-state index contributed by atoms with van der Waals surface area (Å²) in [7, 11) is 0. The summed E-state index contributed by atoms with van der Waals surface area (Å²) in [6.45, 7) is 6.98. The highest BCUT2D eigenvalue weighted by Crippen LogP contribution is 2.32. The van der Waals surface area contributed by atoms with Gasteiger partial charge < -0.3 is 5.32 Å². The van der Waals surface area contributed by atoms with Gasteiger partial charge in [-0.05, 0) is 23.9 Å². The molecule has 1 aliphatic rings. The van der Waals surface area contributed by atoms with Crippen LogP contribution in [0, 0.1) is 11.8 Å². The molecule has 0 spiro atoms. The van der Waals surface area contributed by atoms with Gasteiger partial charge in [-0.3, -0.25) is 0 Å². The Balaban J connectivity index is 2.18. The Kier molecular flexibility index (Phi) is 2.87. The fraction of sp³-hybridized carbons (Fsp3) is 0.538. The minimum absolute atomic E-state index is 0.719. The van der Waals surface area contributed by atoms with Gasteiger partial charge in [0.1, 0.15) is 0 Å². The van der Waals surface area contributed by atoms with Gasteiger partial charge in [0.05, 0.1) is 0 Å². The summed E-state index contributed by atoms with van der Waals surface area (Å²) in [5, 5.41) is 3.50. The summed E-state index contributed by atoms with van der Waals surface area (Å²) < 4.78 is 0. The van der Waals surface area contributed by atoms with Crippen LogP contribution in [0.2, 0.25) is 0 Å². The lowest BCUT2D eigenvalue weighted by molar-refractivity contribution is 0.381. The highest BCUT2D eigenvalue weighted by Gasteiger charge is 2.30. The number of nitrogens with one attached hydrogen (secondary N) is 1. The van der Waals surface area contributed by atoms with Crippen molar-refractivity contribution in [2.24, 2.45) is 11.8 Å². The van der Waals surface area contributed by atoms with Crippen LogP contribution in [0.5, 0.6) is 0 Å². The Morgan fingerprint density at radius 3 is 2.50 bits per heavy atom. The summed E-state index contributed by atoms with van der Waals surface area (Å²) in [4.78, 5) is 0. The van der Waals surface area contributed by atoms with Gasteiger partial charge in [0.25, 0.3) is 0 Å². The average Bonchev–Trinajstić information content (AvgIpc) is 2.67. The van der Waals surface area contributed by atoms with Crippen LogP contribution in [0.1, 0.15) is 25.3 Å². The molecular formula is C13H19N. The maximum absolute atomic E-state index is 3.50. The first kappa shape index (κ1) is 9.72. The Morgan fingerprint density at radius 2 is 1.86 bits per heavy atom. The van der Waals surface area contributed by atoms with Crippen LogP contribution >= 0.6 is 0 Å². The lowest BCUT2D eigenvalue weighted by Crippen LogP contribution is -2.16. The standard InChI is InChI=1S/C13H19N/c1-10(2)12-8-14-9-13(12)11-6-4-3-5-7-11/h3-7,10,12-14H,8-9H2,1-2H3/t12-,13-/m0/s1. The van der Waals surface area contributed by atoms with Gasteiger partial charge in [0.15, 0.2) is 0 Å². The summed E-state index contributed by atoms with van der Waals surface area (Å²) in [6, 6.07) is 10.9. The Labute approximate surface area is 86.5 Å². The van der Waals surface area contributed by atoms with Gasteiger partial charge in [0, 0.05) is 12.5 Å². The topological polar surface area (TPSA) is 12.0 Å². The molecule has 1 heterocycles. The second kappa shape index (κ2) is 4.14. The number of benzene rings is 1. The lowest BCUT2D eigenvalue weighted by Gasteiger charge is -2.22. The molecule has 1 nitrogen and oxygen atoms in total. The summed E-state index contributed by atoms with van der Waals surface area (Å²) >= 11 is 0. The predicted octanol–water partition coefficient (Wildman–Crippen LogP) is 2.65. The van der Waals surface area contributed by atoms with Crippen molar-refractivity contribution in [1.29, 1.82) is 0 Å². The molecule has 76 valence electrons. The van der Waals surface area contributed by atoms with E-state index in [4.69, 9.17) is 0 Å².